The predicted octanol–water partition coefficient (Wildman–Crippen LogP) is 2.71. The molecule has 0 radical (unpaired) electrons. The molecule has 2 fully saturated rings. The molecular formula is C17H22ClN3O5S. The van der Waals surface area contributed by atoms with Crippen LogP contribution in [0.3, 0.4) is 0 Å². The average Bonchev–Trinajstić information content (AvgIpc) is 3.14. The van der Waals surface area contributed by atoms with Crippen molar-refractivity contribution in [2.45, 2.75) is 49.5 Å². The largest absolute Gasteiger partial charge is 0.353 e. The van der Waals surface area contributed by atoms with Gasteiger partial charge < -0.3 is 5.32 Å². The van der Waals surface area contributed by atoms with Gasteiger partial charge in [-0.1, -0.05) is 24.4 Å². The highest BCUT2D eigenvalue weighted by Gasteiger charge is 2.34. The number of amides is 1. The lowest BCUT2D eigenvalue weighted by Crippen LogP contribution is -2.44. The third kappa shape index (κ3) is 4.41. The second kappa shape index (κ2) is 8.12. The summed E-state index contributed by atoms with van der Waals surface area (Å²) in [6.07, 6.45) is 5.11. The fourth-order valence-electron chi connectivity index (χ4n) is 3.69. The van der Waals surface area contributed by atoms with Gasteiger partial charge in [-0.05, 0) is 31.7 Å². The molecule has 27 heavy (non-hydrogen) atoms. The summed E-state index contributed by atoms with van der Waals surface area (Å²) in [6.45, 7) is 0.369. The highest BCUT2D eigenvalue weighted by molar-refractivity contribution is 7.89. The molecule has 1 saturated carbocycles. The fourth-order valence-corrected chi connectivity index (χ4v) is 5.65. The quantitative estimate of drug-likeness (QED) is 0.587. The number of nitrogens with one attached hydrogen (secondary N) is 1. The maximum Gasteiger partial charge on any atom is 0.270 e. The molecular weight excluding hydrogens is 394 g/mol. The van der Waals surface area contributed by atoms with Gasteiger partial charge in [0, 0.05) is 37.2 Å². The first-order valence-electron chi connectivity index (χ1n) is 9.03. The first kappa shape index (κ1) is 20.0. The first-order valence-corrected chi connectivity index (χ1v) is 10.9. The molecule has 0 bridgehead atoms. The normalized spacial score (nSPS) is 19.9. The van der Waals surface area contributed by atoms with E-state index in [0.29, 0.717) is 12.8 Å². The Hall–Kier alpha value is -1.71. The van der Waals surface area contributed by atoms with E-state index in [1.807, 2.05) is 0 Å². The molecule has 8 nitrogen and oxygen atoms in total. The van der Waals surface area contributed by atoms with Crippen LogP contribution in [0.4, 0.5) is 5.69 Å². The summed E-state index contributed by atoms with van der Waals surface area (Å²) in [6, 6.07) is 3.61. The standard InChI is InChI=1S/C17H22ClN3O5S/c18-15-6-5-14(21(23)24)11-16(15)27(25,26)20-9-7-12(8-10-20)17(22)19-13-3-1-2-4-13/h5-6,11-13H,1-4,7-10H2,(H,19,22). The molecule has 1 aliphatic carbocycles. The third-order valence-corrected chi connectivity index (χ3v) is 7.65. The zero-order chi connectivity index (χ0) is 19.6. The minimum Gasteiger partial charge on any atom is -0.353 e. The summed E-state index contributed by atoms with van der Waals surface area (Å²) in [7, 11) is -3.95. The van der Waals surface area contributed by atoms with Crippen LogP contribution in [0.15, 0.2) is 23.1 Å². The van der Waals surface area contributed by atoms with Crippen LogP contribution in [0.5, 0.6) is 0 Å². The maximum absolute atomic E-state index is 12.9. The first-order chi connectivity index (χ1) is 12.8. The van der Waals surface area contributed by atoms with Gasteiger partial charge in [-0.2, -0.15) is 4.31 Å². The highest BCUT2D eigenvalue weighted by Crippen LogP contribution is 2.31. The zero-order valence-corrected chi connectivity index (χ0v) is 16.3. The van der Waals surface area contributed by atoms with E-state index in [1.165, 1.54) is 16.4 Å². The van der Waals surface area contributed by atoms with E-state index in [1.54, 1.807) is 0 Å². The van der Waals surface area contributed by atoms with Gasteiger partial charge in [-0.15, -0.1) is 0 Å². The lowest BCUT2D eigenvalue weighted by molar-refractivity contribution is -0.385. The third-order valence-electron chi connectivity index (χ3n) is 5.27. The molecule has 1 saturated heterocycles. The molecule has 0 aromatic heterocycles. The summed E-state index contributed by atoms with van der Waals surface area (Å²) in [5.41, 5.74) is -0.330. The SMILES string of the molecule is O=C(NC1CCCC1)C1CCN(S(=O)(=O)c2cc([N+](=O)[O-])ccc2Cl)CC1. The number of nitrogens with zero attached hydrogens (tertiary/aromatic N) is 2. The van der Waals surface area contributed by atoms with Crippen LogP contribution >= 0.6 is 11.6 Å². The molecule has 1 heterocycles. The van der Waals surface area contributed by atoms with Crippen molar-refractivity contribution < 1.29 is 18.1 Å². The molecule has 148 valence electrons. The number of halogens is 1. The van der Waals surface area contributed by atoms with Crippen LogP contribution in [0.25, 0.3) is 0 Å². The average molecular weight is 416 g/mol. The Bertz CT molecular complexity index is 831. The van der Waals surface area contributed by atoms with Crippen LogP contribution in [-0.4, -0.2) is 42.7 Å². The molecule has 0 atom stereocenters. The number of carbonyl (C=O) groups excluding carboxylic acids is 1. The van der Waals surface area contributed by atoms with E-state index in [0.717, 1.165) is 31.7 Å². The highest BCUT2D eigenvalue weighted by atomic mass is 35.5. The van der Waals surface area contributed by atoms with E-state index in [4.69, 9.17) is 11.6 Å². The zero-order valence-electron chi connectivity index (χ0n) is 14.8. The Labute approximate surface area is 163 Å². The van der Waals surface area contributed by atoms with Gasteiger partial charge in [0.1, 0.15) is 4.90 Å². The number of rotatable bonds is 5. The predicted molar refractivity (Wildman–Crippen MR) is 100.0 cm³/mol. The van der Waals surface area contributed by atoms with E-state index in [9.17, 15) is 23.3 Å². The minimum absolute atomic E-state index is 0.00710. The number of hydrogen-bond donors (Lipinski definition) is 1. The van der Waals surface area contributed by atoms with E-state index in [-0.39, 0.29) is 46.6 Å². The van der Waals surface area contributed by atoms with E-state index < -0.39 is 14.9 Å². The summed E-state index contributed by atoms with van der Waals surface area (Å²) in [4.78, 5) is 22.4. The molecule has 0 unspecified atom stereocenters. The van der Waals surface area contributed by atoms with E-state index >= 15 is 0 Å². The summed E-state index contributed by atoms with van der Waals surface area (Å²) >= 11 is 5.99. The smallest absolute Gasteiger partial charge is 0.270 e. The van der Waals surface area contributed by atoms with Crippen LogP contribution in [0, 0.1) is 16.0 Å². The molecule has 0 spiro atoms. The molecule has 1 aromatic carbocycles. The number of sulfonamides is 1. The number of hydrogen-bond acceptors (Lipinski definition) is 5. The molecule has 1 amide bonds. The Kier molecular flexibility index (Phi) is 6.02. The second-order valence-electron chi connectivity index (χ2n) is 7.04. The van der Waals surface area contributed by atoms with Crippen LogP contribution in [0.1, 0.15) is 38.5 Å². The number of piperidine rings is 1. The van der Waals surface area contributed by atoms with Crippen molar-refractivity contribution >= 4 is 33.2 Å². The van der Waals surface area contributed by atoms with Gasteiger partial charge in [0.2, 0.25) is 15.9 Å². The van der Waals surface area contributed by atoms with Crippen molar-refractivity contribution in [1.29, 1.82) is 0 Å². The van der Waals surface area contributed by atoms with Crippen molar-refractivity contribution in [3.8, 4) is 0 Å². The van der Waals surface area contributed by atoms with Crippen molar-refractivity contribution in [3.63, 3.8) is 0 Å². The van der Waals surface area contributed by atoms with Crippen molar-refractivity contribution in [2.24, 2.45) is 5.92 Å². The van der Waals surface area contributed by atoms with Gasteiger partial charge in [-0.3, -0.25) is 14.9 Å². The Morgan fingerprint density at radius 1 is 1.19 bits per heavy atom. The number of benzene rings is 1. The van der Waals surface area contributed by atoms with Gasteiger partial charge in [-0.25, -0.2) is 8.42 Å². The fraction of sp³-hybridized carbons (Fsp3) is 0.588. The molecule has 1 aromatic rings. The lowest BCUT2D eigenvalue weighted by atomic mass is 9.97. The van der Waals surface area contributed by atoms with E-state index in [2.05, 4.69) is 5.32 Å². The summed E-state index contributed by atoms with van der Waals surface area (Å²) in [5, 5.41) is 13.9. The number of nitro groups is 1. The van der Waals surface area contributed by atoms with Crippen molar-refractivity contribution in [1.82, 2.24) is 9.62 Å². The summed E-state index contributed by atoms with van der Waals surface area (Å²) in [5.74, 6) is -0.218. The van der Waals surface area contributed by atoms with Gasteiger partial charge in [0.15, 0.2) is 0 Å². The minimum atomic E-state index is -3.95. The Balaban J connectivity index is 1.67. The van der Waals surface area contributed by atoms with Gasteiger partial charge >= 0.3 is 0 Å². The maximum atomic E-state index is 12.9. The molecule has 1 aliphatic heterocycles. The van der Waals surface area contributed by atoms with Crippen LogP contribution in [0.2, 0.25) is 5.02 Å². The van der Waals surface area contributed by atoms with Crippen LogP contribution in [-0.2, 0) is 14.8 Å². The van der Waals surface area contributed by atoms with Gasteiger partial charge in [0.25, 0.3) is 5.69 Å². The summed E-state index contributed by atoms with van der Waals surface area (Å²) < 4.78 is 27.0. The lowest BCUT2D eigenvalue weighted by Gasteiger charge is -2.31. The molecule has 10 heteroatoms. The number of nitro benzene ring substituents is 1. The van der Waals surface area contributed by atoms with Gasteiger partial charge in [0.05, 0.1) is 9.95 Å². The molecule has 2 aliphatic rings. The monoisotopic (exact) mass is 415 g/mol. The molecule has 1 N–H and O–H groups in total. The Morgan fingerprint density at radius 3 is 2.41 bits per heavy atom. The second-order valence-corrected chi connectivity index (χ2v) is 9.35. The van der Waals surface area contributed by atoms with Crippen LogP contribution < -0.4 is 5.32 Å². The van der Waals surface area contributed by atoms with Crippen molar-refractivity contribution in [3.05, 3.63) is 33.3 Å². The number of carbonyl (C=O) groups is 1. The van der Waals surface area contributed by atoms with Crippen molar-refractivity contribution in [2.75, 3.05) is 13.1 Å². The Morgan fingerprint density at radius 2 is 1.81 bits per heavy atom. The molecule has 3 rings (SSSR count). The topological polar surface area (TPSA) is 110 Å². The number of non-ortho nitro benzene ring substituents is 1.